The number of likely N-dealkylation sites (tertiary alicyclic amines) is 1. The summed E-state index contributed by atoms with van der Waals surface area (Å²) in [6, 6.07) is 2.97. The molecule has 4 fully saturated rings. The number of rotatable bonds is 9. The number of nitrogens with zero attached hydrogens (tertiary/aromatic N) is 2. The molecule has 2 heterocycles. The van der Waals surface area contributed by atoms with Crippen LogP contribution in [0.15, 0.2) is 36.0 Å². The summed E-state index contributed by atoms with van der Waals surface area (Å²) in [7, 11) is -3.85. The average molecular weight is 591 g/mol. The molecular formula is C27H31FN4O8S. The monoisotopic (exact) mass is 590 g/mol. The number of sulfonamides is 1. The molecule has 1 aromatic rings. The highest BCUT2D eigenvalue weighted by atomic mass is 32.2. The maximum Gasteiger partial charge on any atom is 0.259 e. The Morgan fingerprint density at radius 3 is 2.68 bits per heavy atom. The minimum Gasteiger partial charge on any atom is -0.492 e. The molecule has 0 bridgehead atoms. The van der Waals surface area contributed by atoms with Crippen LogP contribution in [0.4, 0.5) is 4.39 Å². The minimum atomic E-state index is -3.85. The van der Waals surface area contributed by atoms with Crippen molar-refractivity contribution in [3.8, 4) is 5.75 Å². The van der Waals surface area contributed by atoms with Crippen LogP contribution < -0.4 is 14.8 Å². The van der Waals surface area contributed by atoms with Crippen molar-refractivity contribution in [3.05, 3.63) is 42.2 Å². The van der Waals surface area contributed by atoms with Gasteiger partial charge in [0, 0.05) is 24.3 Å². The van der Waals surface area contributed by atoms with Crippen molar-refractivity contribution in [1.29, 1.82) is 0 Å². The van der Waals surface area contributed by atoms with Crippen molar-refractivity contribution in [2.75, 3.05) is 13.2 Å². The van der Waals surface area contributed by atoms with Gasteiger partial charge in [0.1, 0.15) is 34.9 Å². The van der Waals surface area contributed by atoms with Crippen molar-refractivity contribution in [1.82, 2.24) is 14.9 Å². The summed E-state index contributed by atoms with van der Waals surface area (Å²) in [6.07, 6.45) is 2.72. The topological polar surface area (TPSA) is 164 Å². The third-order valence-electron chi connectivity index (χ3n) is 8.36. The van der Waals surface area contributed by atoms with E-state index >= 15 is 0 Å². The molecule has 3 saturated carbocycles. The Morgan fingerprint density at radius 1 is 1.27 bits per heavy atom. The van der Waals surface area contributed by atoms with Crippen molar-refractivity contribution in [2.24, 2.45) is 11.1 Å². The van der Waals surface area contributed by atoms with Gasteiger partial charge in [-0.15, -0.1) is 6.58 Å². The molecule has 2 unspecified atom stereocenters. The number of ether oxygens (including phenoxy) is 1. The average Bonchev–Trinajstić information content (AvgIpc) is 3.85. The lowest BCUT2D eigenvalue weighted by Gasteiger charge is -2.27. The largest absolute Gasteiger partial charge is 0.492 e. The molecular weight excluding hydrogens is 559 g/mol. The number of nitrogens with one attached hydrogen (secondary N) is 2. The van der Waals surface area contributed by atoms with E-state index in [2.05, 4.69) is 21.8 Å². The third-order valence-corrected chi connectivity index (χ3v) is 10.2. The van der Waals surface area contributed by atoms with Crippen molar-refractivity contribution < 1.29 is 41.9 Å². The highest BCUT2D eigenvalue weighted by Gasteiger charge is 2.62. The Bertz CT molecular complexity index is 1460. The Kier molecular flexibility index (Phi) is 6.60. The van der Waals surface area contributed by atoms with Crippen molar-refractivity contribution in [2.45, 2.75) is 73.5 Å². The number of aliphatic hydroxyl groups is 1. The van der Waals surface area contributed by atoms with Gasteiger partial charge in [-0.1, -0.05) is 11.2 Å². The number of hydrogen-bond donors (Lipinski definition) is 3. The second-order valence-corrected chi connectivity index (χ2v) is 13.4. The Hall–Kier alpha value is -3.52. The lowest BCUT2D eigenvalue weighted by Crippen LogP contribution is -2.57. The molecule has 0 aromatic heterocycles. The number of hydrogen-bond acceptors (Lipinski definition) is 9. The zero-order valence-electron chi connectivity index (χ0n) is 22.2. The summed E-state index contributed by atoms with van der Waals surface area (Å²) in [5.41, 5.74) is -2.17. The quantitative estimate of drug-likeness (QED) is 0.276. The molecule has 1 saturated heterocycles. The van der Waals surface area contributed by atoms with Crippen molar-refractivity contribution in [3.63, 3.8) is 0 Å². The van der Waals surface area contributed by atoms with Crippen LogP contribution in [0.1, 0.15) is 50.5 Å². The molecule has 41 heavy (non-hydrogen) atoms. The van der Waals surface area contributed by atoms with Crippen LogP contribution in [0.3, 0.4) is 0 Å². The molecule has 3 N–H and O–H groups in total. The zero-order chi connectivity index (χ0) is 29.2. The summed E-state index contributed by atoms with van der Waals surface area (Å²) in [5, 5.41) is 16.8. The van der Waals surface area contributed by atoms with E-state index in [4.69, 9.17) is 9.57 Å². The molecule has 14 heteroatoms. The fraction of sp³-hybridized carbons (Fsp3) is 0.556. The van der Waals surface area contributed by atoms with Crippen LogP contribution in [0.2, 0.25) is 0 Å². The van der Waals surface area contributed by atoms with Crippen LogP contribution in [-0.4, -0.2) is 83.5 Å². The lowest BCUT2D eigenvalue weighted by molar-refractivity contribution is -0.147. The fourth-order valence-electron chi connectivity index (χ4n) is 5.44. The molecule has 3 amide bonds. The predicted molar refractivity (Wildman–Crippen MR) is 141 cm³/mol. The third kappa shape index (κ3) is 5.18. The van der Waals surface area contributed by atoms with Crippen LogP contribution in [0, 0.1) is 11.7 Å². The first-order chi connectivity index (χ1) is 19.5. The van der Waals surface area contributed by atoms with Gasteiger partial charge in [0.2, 0.25) is 15.9 Å². The summed E-state index contributed by atoms with van der Waals surface area (Å²) in [4.78, 5) is 46.8. The first-order valence-corrected chi connectivity index (χ1v) is 15.2. The normalized spacial score (nSPS) is 30.5. The van der Waals surface area contributed by atoms with Gasteiger partial charge in [0.15, 0.2) is 0 Å². The molecule has 1 aromatic carbocycles. The van der Waals surface area contributed by atoms with E-state index in [9.17, 15) is 32.3 Å². The van der Waals surface area contributed by atoms with E-state index in [0.29, 0.717) is 42.9 Å². The van der Waals surface area contributed by atoms with Crippen molar-refractivity contribution >= 4 is 33.5 Å². The molecule has 4 atom stereocenters. The molecule has 6 rings (SSSR count). The number of amides is 3. The summed E-state index contributed by atoms with van der Waals surface area (Å²) in [5.74, 6) is -2.64. The van der Waals surface area contributed by atoms with Crippen LogP contribution >= 0.6 is 0 Å². The van der Waals surface area contributed by atoms with E-state index < -0.39 is 68.0 Å². The maximum atomic E-state index is 13.9. The van der Waals surface area contributed by atoms with Crippen LogP contribution in [0.5, 0.6) is 5.75 Å². The summed E-state index contributed by atoms with van der Waals surface area (Å²) >= 11 is 0. The molecule has 0 spiro atoms. The Morgan fingerprint density at radius 2 is 2.02 bits per heavy atom. The highest BCUT2D eigenvalue weighted by molar-refractivity contribution is 7.91. The van der Waals surface area contributed by atoms with Gasteiger partial charge in [-0.3, -0.25) is 19.1 Å². The molecule has 12 nitrogen and oxygen atoms in total. The number of benzene rings is 1. The van der Waals surface area contributed by atoms with Gasteiger partial charge in [0.25, 0.3) is 11.8 Å². The molecule has 220 valence electrons. The fourth-order valence-corrected chi connectivity index (χ4v) is 6.81. The second-order valence-electron chi connectivity index (χ2n) is 11.4. The number of carbonyl (C=O) groups excluding carboxylic acids is 3. The van der Waals surface area contributed by atoms with E-state index in [0.717, 1.165) is 0 Å². The molecule has 2 aliphatic heterocycles. The van der Waals surface area contributed by atoms with Gasteiger partial charge in [0.05, 0.1) is 24.1 Å². The predicted octanol–water partition coefficient (Wildman–Crippen LogP) is 0.493. The van der Waals surface area contributed by atoms with E-state index in [-0.39, 0.29) is 32.2 Å². The smallest absolute Gasteiger partial charge is 0.259 e. The lowest BCUT2D eigenvalue weighted by atomic mass is 10.0. The second kappa shape index (κ2) is 9.79. The van der Waals surface area contributed by atoms with Gasteiger partial charge >= 0.3 is 0 Å². The number of halogens is 1. The maximum absolute atomic E-state index is 13.9. The van der Waals surface area contributed by atoms with Gasteiger partial charge in [-0.2, -0.15) is 0 Å². The van der Waals surface area contributed by atoms with E-state index in [1.165, 1.54) is 29.2 Å². The van der Waals surface area contributed by atoms with Gasteiger partial charge in [-0.25, -0.2) is 12.8 Å². The highest BCUT2D eigenvalue weighted by Crippen LogP contribution is 2.46. The zero-order valence-corrected chi connectivity index (χ0v) is 23.0. The number of carbonyl (C=O) groups is 3. The van der Waals surface area contributed by atoms with E-state index in [1.807, 2.05) is 0 Å². The Labute approximate surface area is 236 Å². The van der Waals surface area contributed by atoms with Crippen LogP contribution in [0.25, 0.3) is 0 Å². The van der Waals surface area contributed by atoms with Gasteiger partial charge < -0.3 is 24.9 Å². The Balaban J connectivity index is 1.20. The van der Waals surface area contributed by atoms with Crippen LogP contribution in [-0.2, 0) is 29.2 Å². The van der Waals surface area contributed by atoms with Gasteiger partial charge in [-0.05, 0) is 50.3 Å². The standard InChI is InChI=1S/C27H31FN4O8S/c1-2-15-13-27(15,24(34)31-41(37,38)18-4-5-18)29-23(33)21-12-17(14-32(21)25(35)26(36)8-9-26)40-30-20-7-10-39-22-6-3-16(28)11-19(20)22/h2-3,6,11,15,17-18,21,36H,1,4-5,7-10,12-14H2,(H,29,33)(H,31,34)/b30-20+/t15-,17?,21?,27+/m1/s1. The summed E-state index contributed by atoms with van der Waals surface area (Å²) < 4.78 is 46.3. The number of fused-ring (bicyclic) bond motifs is 1. The number of oxime groups is 1. The first-order valence-electron chi connectivity index (χ1n) is 13.7. The molecule has 3 aliphatic carbocycles. The minimum absolute atomic E-state index is 0.00771. The summed E-state index contributed by atoms with van der Waals surface area (Å²) in [6.45, 7) is 3.96. The van der Waals surface area contributed by atoms with E-state index in [1.54, 1.807) is 0 Å². The SMILES string of the molecule is C=C[C@@H]1C[C@@]1(NC(=O)C1CC(O/N=C2\CCOc3ccc(F)cc32)CN1C(=O)C1(O)CC1)C(=O)NS(=O)(=O)C1CC1. The first kappa shape index (κ1) is 27.6. The molecule has 0 radical (unpaired) electrons. The molecule has 5 aliphatic rings.